The molecule has 28 heavy (non-hydrogen) atoms. The van der Waals surface area contributed by atoms with E-state index < -0.39 is 11.9 Å². The number of nitrogens with one attached hydrogen (secondary N) is 1. The van der Waals surface area contributed by atoms with Gasteiger partial charge in [0.1, 0.15) is 0 Å². The minimum Gasteiger partial charge on any atom is -0.493 e. The van der Waals surface area contributed by atoms with Crippen LogP contribution in [0.5, 0.6) is 11.5 Å². The number of carboxylic acids is 2. The molecular formula is C18H26N2O8. The molecule has 2 rings (SSSR count). The highest BCUT2D eigenvalue weighted by Crippen LogP contribution is 2.27. The lowest BCUT2D eigenvalue weighted by Gasteiger charge is -2.25. The molecular weight excluding hydrogens is 372 g/mol. The van der Waals surface area contributed by atoms with Crippen molar-refractivity contribution >= 4 is 17.8 Å². The summed E-state index contributed by atoms with van der Waals surface area (Å²) in [5.41, 5.74) is 1.10. The Kier molecular flexibility index (Phi) is 10.4. The summed E-state index contributed by atoms with van der Waals surface area (Å²) in [6.07, 6.45) is 0.759. The first-order valence-corrected chi connectivity index (χ1v) is 8.61. The third kappa shape index (κ3) is 8.69. The summed E-state index contributed by atoms with van der Waals surface area (Å²) < 4.78 is 15.7. The fraction of sp³-hybridized carbons (Fsp3) is 0.500. The van der Waals surface area contributed by atoms with Gasteiger partial charge in [0, 0.05) is 19.6 Å². The van der Waals surface area contributed by atoms with E-state index in [-0.39, 0.29) is 5.91 Å². The van der Waals surface area contributed by atoms with Gasteiger partial charge in [0.15, 0.2) is 11.5 Å². The Hall–Kier alpha value is -2.85. The molecule has 1 aliphatic rings. The van der Waals surface area contributed by atoms with Gasteiger partial charge in [-0.3, -0.25) is 9.69 Å². The maximum absolute atomic E-state index is 11.9. The first kappa shape index (κ1) is 23.2. The van der Waals surface area contributed by atoms with E-state index in [4.69, 9.17) is 34.0 Å². The average Bonchev–Trinajstić information content (AvgIpc) is 2.69. The maximum Gasteiger partial charge on any atom is 0.414 e. The van der Waals surface area contributed by atoms with Crippen molar-refractivity contribution in [1.82, 2.24) is 10.2 Å². The van der Waals surface area contributed by atoms with E-state index in [1.54, 1.807) is 14.2 Å². The van der Waals surface area contributed by atoms with Crippen molar-refractivity contribution < 1.29 is 38.8 Å². The van der Waals surface area contributed by atoms with Crippen LogP contribution in [-0.2, 0) is 25.5 Å². The van der Waals surface area contributed by atoms with Crippen LogP contribution in [0.15, 0.2) is 18.2 Å². The molecule has 156 valence electrons. The summed E-state index contributed by atoms with van der Waals surface area (Å²) in [5.74, 6) is -2.17. The van der Waals surface area contributed by atoms with Crippen LogP contribution in [0.25, 0.3) is 0 Å². The van der Waals surface area contributed by atoms with E-state index in [1.807, 2.05) is 18.2 Å². The zero-order valence-electron chi connectivity index (χ0n) is 16.0. The number of hydrogen-bond donors (Lipinski definition) is 3. The Bertz CT molecular complexity index is 647. The fourth-order valence-electron chi connectivity index (χ4n) is 2.40. The van der Waals surface area contributed by atoms with Crippen molar-refractivity contribution in [3.05, 3.63) is 23.8 Å². The third-order valence-corrected chi connectivity index (χ3v) is 3.84. The smallest absolute Gasteiger partial charge is 0.414 e. The predicted molar refractivity (Wildman–Crippen MR) is 98.8 cm³/mol. The molecule has 0 unspecified atom stereocenters. The quantitative estimate of drug-likeness (QED) is 0.536. The monoisotopic (exact) mass is 398 g/mol. The molecule has 0 aromatic heterocycles. The number of rotatable bonds is 7. The fourth-order valence-corrected chi connectivity index (χ4v) is 2.40. The Labute approximate surface area is 163 Å². The molecule has 0 spiro atoms. The SMILES string of the molecule is COc1ccc(CCNC(=O)CN2CCOCC2)cc1OC.O=C(O)C(=O)O. The number of hydrogen-bond acceptors (Lipinski definition) is 7. The summed E-state index contributed by atoms with van der Waals surface area (Å²) in [7, 11) is 3.23. The number of carbonyl (C=O) groups is 3. The van der Waals surface area contributed by atoms with Crippen LogP contribution in [0.4, 0.5) is 0 Å². The van der Waals surface area contributed by atoms with Gasteiger partial charge in [-0.2, -0.15) is 0 Å². The molecule has 1 fully saturated rings. The molecule has 1 amide bonds. The van der Waals surface area contributed by atoms with Gasteiger partial charge in [-0.05, 0) is 24.1 Å². The summed E-state index contributed by atoms with van der Waals surface area (Å²) >= 11 is 0. The number of carbonyl (C=O) groups excluding carboxylic acids is 1. The number of nitrogens with zero attached hydrogens (tertiary/aromatic N) is 1. The Morgan fingerprint density at radius 1 is 1.07 bits per heavy atom. The molecule has 0 atom stereocenters. The summed E-state index contributed by atoms with van der Waals surface area (Å²) in [5, 5.41) is 17.7. The largest absolute Gasteiger partial charge is 0.493 e. The van der Waals surface area contributed by atoms with Crippen LogP contribution in [0, 0.1) is 0 Å². The van der Waals surface area contributed by atoms with Crippen LogP contribution in [0.1, 0.15) is 5.56 Å². The molecule has 0 saturated carbocycles. The minimum atomic E-state index is -1.82. The predicted octanol–water partition coefficient (Wildman–Crippen LogP) is -0.150. The van der Waals surface area contributed by atoms with Gasteiger partial charge < -0.3 is 29.7 Å². The summed E-state index contributed by atoms with van der Waals surface area (Å²) in [4.78, 5) is 32.2. The Balaban J connectivity index is 0.000000568. The topological polar surface area (TPSA) is 135 Å². The first-order chi connectivity index (χ1) is 13.4. The van der Waals surface area contributed by atoms with Gasteiger partial charge in [0.2, 0.25) is 5.91 Å². The molecule has 1 heterocycles. The molecule has 3 N–H and O–H groups in total. The van der Waals surface area contributed by atoms with Crippen LogP contribution < -0.4 is 14.8 Å². The number of methoxy groups -OCH3 is 2. The second-order valence-corrected chi connectivity index (χ2v) is 5.79. The standard InChI is InChI=1S/C16H24N2O4.C2H2O4/c1-20-14-4-3-13(11-15(14)21-2)5-6-17-16(19)12-18-7-9-22-10-8-18;3-1(4)2(5)6/h3-4,11H,5-10,12H2,1-2H3,(H,17,19);(H,3,4)(H,5,6). The molecule has 0 bridgehead atoms. The average molecular weight is 398 g/mol. The molecule has 10 nitrogen and oxygen atoms in total. The van der Waals surface area contributed by atoms with Crippen LogP contribution >= 0.6 is 0 Å². The number of aliphatic carboxylic acids is 2. The van der Waals surface area contributed by atoms with Crippen LogP contribution in [0.2, 0.25) is 0 Å². The first-order valence-electron chi connectivity index (χ1n) is 8.61. The number of amides is 1. The highest BCUT2D eigenvalue weighted by Gasteiger charge is 2.13. The van der Waals surface area contributed by atoms with E-state index in [2.05, 4.69) is 10.2 Å². The van der Waals surface area contributed by atoms with Gasteiger partial charge in [-0.15, -0.1) is 0 Å². The second-order valence-electron chi connectivity index (χ2n) is 5.79. The van der Waals surface area contributed by atoms with Crippen molar-refractivity contribution in [3.63, 3.8) is 0 Å². The molecule has 10 heteroatoms. The highest BCUT2D eigenvalue weighted by molar-refractivity contribution is 6.27. The van der Waals surface area contributed by atoms with Gasteiger partial charge in [0.25, 0.3) is 0 Å². The molecule has 0 aliphatic carbocycles. The van der Waals surface area contributed by atoms with Crippen molar-refractivity contribution in [1.29, 1.82) is 0 Å². The van der Waals surface area contributed by atoms with Crippen molar-refractivity contribution in [2.75, 3.05) is 53.6 Å². The van der Waals surface area contributed by atoms with Gasteiger partial charge in [-0.1, -0.05) is 6.07 Å². The van der Waals surface area contributed by atoms with Crippen LogP contribution in [0.3, 0.4) is 0 Å². The normalized spacial score (nSPS) is 13.6. The minimum absolute atomic E-state index is 0.0578. The van der Waals surface area contributed by atoms with Crippen molar-refractivity contribution in [2.24, 2.45) is 0 Å². The van der Waals surface area contributed by atoms with Gasteiger partial charge >= 0.3 is 11.9 Å². The van der Waals surface area contributed by atoms with E-state index in [1.165, 1.54) is 0 Å². The lowest BCUT2D eigenvalue weighted by molar-refractivity contribution is -0.159. The van der Waals surface area contributed by atoms with Gasteiger partial charge in [-0.25, -0.2) is 9.59 Å². The summed E-state index contributed by atoms with van der Waals surface area (Å²) in [6, 6.07) is 5.80. The lowest BCUT2D eigenvalue weighted by atomic mass is 10.1. The zero-order valence-corrected chi connectivity index (χ0v) is 16.0. The van der Waals surface area contributed by atoms with Crippen molar-refractivity contribution in [2.45, 2.75) is 6.42 Å². The second kappa shape index (κ2) is 12.5. The van der Waals surface area contributed by atoms with E-state index in [0.717, 1.165) is 25.1 Å². The van der Waals surface area contributed by atoms with Crippen molar-refractivity contribution in [3.8, 4) is 11.5 Å². The number of ether oxygens (including phenoxy) is 3. The molecule has 1 saturated heterocycles. The Morgan fingerprint density at radius 3 is 2.21 bits per heavy atom. The zero-order chi connectivity index (χ0) is 20.9. The number of benzene rings is 1. The lowest BCUT2D eigenvalue weighted by Crippen LogP contribution is -2.43. The highest BCUT2D eigenvalue weighted by atomic mass is 16.5. The third-order valence-electron chi connectivity index (χ3n) is 3.84. The molecule has 0 radical (unpaired) electrons. The number of carboxylic acid groups (broad SMARTS) is 2. The van der Waals surface area contributed by atoms with E-state index >= 15 is 0 Å². The van der Waals surface area contributed by atoms with Crippen LogP contribution in [-0.4, -0.2) is 86.6 Å². The molecule has 1 aromatic rings. The molecule has 1 aromatic carbocycles. The van der Waals surface area contributed by atoms with E-state index in [9.17, 15) is 4.79 Å². The summed E-state index contributed by atoms with van der Waals surface area (Å²) in [6.45, 7) is 4.11. The number of morpholine rings is 1. The van der Waals surface area contributed by atoms with E-state index in [0.29, 0.717) is 37.8 Å². The van der Waals surface area contributed by atoms with Gasteiger partial charge in [0.05, 0.1) is 34.0 Å². The Morgan fingerprint density at radius 2 is 1.68 bits per heavy atom. The maximum atomic E-state index is 11.9. The molecule has 1 aliphatic heterocycles.